The van der Waals surface area contributed by atoms with Crippen molar-refractivity contribution in [2.24, 2.45) is 11.6 Å². The average molecular weight is 397 g/mol. The summed E-state index contributed by atoms with van der Waals surface area (Å²) in [6, 6.07) is 3.99. The maximum absolute atomic E-state index is 11.4. The van der Waals surface area contributed by atoms with Crippen LogP contribution in [0.4, 0.5) is 14.7 Å². The number of hydrazine groups is 1. The molecule has 2 rings (SSSR count). The molecule has 0 fully saturated rings. The predicted octanol–water partition coefficient (Wildman–Crippen LogP) is 1.88. The van der Waals surface area contributed by atoms with Gasteiger partial charge in [-0.05, 0) is 25.0 Å². The molecule has 0 saturated heterocycles. The summed E-state index contributed by atoms with van der Waals surface area (Å²) in [5.41, 5.74) is 5.69. The summed E-state index contributed by atoms with van der Waals surface area (Å²) < 4.78 is 4.19. The van der Waals surface area contributed by atoms with Gasteiger partial charge >= 0.3 is 12.2 Å². The highest BCUT2D eigenvalue weighted by Gasteiger charge is 2.14. The van der Waals surface area contributed by atoms with Crippen LogP contribution in [0.2, 0.25) is 0 Å². The van der Waals surface area contributed by atoms with Crippen molar-refractivity contribution >= 4 is 45.9 Å². The number of primary amides is 1. The number of nitrogens with zero attached hydrogens (tertiary/aromatic N) is 2. The highest BCUT2D eigenvalue weighted by atomic mass is 32.1. The van der Waals surface area contributed by atoms with Gasteiger partial charge in [0.15, 0.2) is 5.13 Å². The number of carbonyl (C=O) groups excluding carboxylic acids is 3. The fraction of sp³-hybridized carbons (Fsp3) is 0.333. The summed E-state index contributed by atoms with van der Waals surface area (Å²) in [4.78, 5) is 39.5. The summed E-state index contributed by atoms with van der Waals surface area (Å²) >= 11 is 3.02. The molecule has 5 N–H and O–H groups in total. The van der Waals surface area contributed by atoms with Crippen LogP contribution >= 0.6 is 22.7 Å². The van der Waals surface area contributed by atoms with Crippen molar-refractivity contribution in [1.82, 2.24) is 9.99 Å². The van der Waals surface area contributed by atoms with Crippen LogP contribution in [-0.4, -0.2) is 34.6 Å². The van der Waals surface area contributed by atoms with Crippen molar-refractivity contribution in [3.8, 4) is 0 Å². The van der Waals surface area contributed by atoms with E-state index in [0.717, 1.165) is 28.4 Å². The molecule has 0 aliphatic rings. The first kappa shape index (κ1) is 19.8. The molecule has 26 heavy (non-hydrogen) atoms. The molecule has 11 heteroatoms. The topological polar surface area (TPSA) is 141 Å². The third kappa shape index (κ3) is 6.43. The molecule has 0 bridgehead atoms. The maximum atomic E-state index is 11.4. The fourth-order valence-corrected chi connectivity index (χ4v) is 3.84. The number of nitrogens with two attached hydrogens (primary N) is 2. The molecule has 2 heterocycles. The lowest BCUT2D eigenvalue weighted by Crippen LogP contribution is -2.41. The fourth-order valence-electron chi connectivity index (χ4n) is 2.04. The Bertz CT molecular complexity index is 789. The summed E-state index contributed by atoms with van der Waals surface area (Å²) in [6.45, 7) is 1.66. The highest BCUT2D eigenvalue weighted by molar-refractivity contribution is 7.14. The monoisotopic (exact) mass is 397 g/mol. The number of aromatic nitrogens is 1. The molecule has 2 aromatic rings. The van der Waals surface area contributed by atoms with Crippen LogP contribution in [0.3, 0.4) is 0 Å². The van der Waals surface area contributed by atoms with Gasteiger partial charge in [-0.1, -0.05) is 0 Å². The summed E-state index contributed by atoms with van der Waals surface area (Å²) in [7, 11) is 0. The van der Waals surface area contributed by atoms with E-state index in [9.17, 15) is 14.4 Å². The first-order valence-corrected chi connectivity index (χ1v) is 9.36. The first-order valence-electron chi connectivity index (χ1n) is 7.66. The number of ether oxygens (including phenoxy) is 1. The second kappa shape index (κ2) is 9.27. The lowest BCUT2D eigenvalue weighted by molar-refractivity contribution is -0.114. The van der Waals surface area contributed by atoms with Crippen LogP contribution in [0.15, 0.2) is 17.5 Å². The second-order valence-corrected chi connectivity index (χ2v) is 7.43. The zero-order valence-electron chi connectivity index (χ0n) is 14.1. The van der Waals surface area contributed by atoms with Gasteiger partial charge in [0.05, 0.1) is 5.69 Å². The Morgan fingerprint density at radius 1 is 1.23 bits per heavy atom. The Morgan fingerprint density at radius 3 is 2.58 bits per heavy atom. The number of thiazole rings is 1. The first-order chi connectivity index (χ1) is 12.3. The lowest BCUT2D eigenvalue weighted by atomic mass is 10.2. The molecule has 0 aliphatic carbocycles. The molecule has 0 atom stereocenters. The zero-order chi connectivity index (χ0) is 19.1. The van der Waals surface area contributed by atoms with Gasteiger partial charge in [0, 0.05) is 35.0 Å². The summed E-state index contributed by atoms with van der Waals surface area (Å²) in [6.07, 6.45) is -0.0350. The number of amides is 3. The third-order valence-corrected chi connectivity index (χ3v) is 5.21. The number of hydrogen-bond acceptors (Lipinski definition) is 8. The molecular formula is C15H19N5O4S2. The Kier molecular flexibility index (Phi) is 7.06. The van der Waals surface area contributed by atoms with E-state index in [1.165, 1.54) is 23.1 Å². The van der Waals surface area contributed by atoms with E-state index in [4.69, 9.17) is 11.6 Å². The van der Waals surface area contributed by atoms with Crippen LogP contribution in [0.1, 0.15) is 22.4 Å². The Labute approximate surface area is 157 Å². The minimum absolute atomic E-state index is 0.137. The van der Waals surface area contributed by atoms with Gasteiger partial charge in [0.25, 0.3) is 0 Å². The van der Waals surface area contributed by atoms with E-state index in [-0.39, 0.29) is 12.5 Å². The Morgan fingerprint density at radius 2 is 1.92 bits per heavy atom. The van der Waals surface area contributed by atoms with Crippen molar-refractivity contribution < 1.29 is 19.1 Å². The molecule has 0 radical (unpaired) electrons. The molecule has 3 amide bonds. The molecule has 9 nitrogen and oxygen atoms in total. The van der Waals surface area contributed by atoms with Gasteiger partial charge < -0.3 is 15.8 Å². The van der Waals surface area contributed by atoms with Crippen molar-refractivity contribution in [2.75, 3.05) is 11.9 Å². The molecule has 0 spiro atoms. The van der Waals surface area contributed by atoms with Crippen molar-refractivity contribution in [1.29, 1.82) is 0 Å². The van der Waals surface area contributed by atoms with E-state index in [1.54, 1.807) is 11.3 Å². The minimum atomic E-state index is -1.19. The quantitative estimate of drug-likeness (QED) is 0.282. The van der Waals surface area contributed by atoms with E-state index in [1.807, 2.05) is 17.5 Å². The number of thiophene rings is 1. The van der Waals surface area contributed by atoms with Gasteiger partial charge in [-0.2, -0.15) is 0 Å². The standard InChI is InChI=1S/C15H19N5O4S2/c1-9(21)18-14-19-10(8-25-14)2-3-11-4-5-12(26-11)6-7-20(17)15(23)24-13(16)22/h4-5,8H,2-3,6-7,17H2,1H3,(H2,16,22)(H,18,19,21). The summed E-state index contributed by atoms with van der Waals surface area (Å²) in [5.74, 6) is 5.37. The normalized spacial score (nSPS) is 10.4. The SMILES string of the molecule is CC(=O)Nc1nc(CCc2ccc(CCN(N)C(=O)OC(N)=O)s2)cs1. The molecule has 0 unspecified atom stereocenters. The number of rotatable bonds is 7. The van der Waals surface area contributed by atoms with Crippen molar-refractivity contribution in [3.05, 3.63) is 33.0 Å². The molecule has 2 aromatic heterocycles. The molecule has 0 aliphatic heterocycles. The Hall–Kier alpha value is -2.50. The Balaban J connectivity index is 1.78. The maximum Gasteiger partial charge on any atom is 0.433 e. The number of nitrogens with one attached hydrogen (secondary N) is 1. The molecule has 0 saturated carbocycles. The van der Waals surface area contributed by atoms with Gasteiger partial charge in [0.2, 0.25) is 5.91 Å². The van der Waals surface area contributed by atoms with Crippen LogP contribution in [0.5, 0.6) is 0 Å². The predicted molar refractivity (Wildman–Crippen MR) is 98.8 cm³/mol. The van der Waals surface area contributed by atoms with E-state index in [0.29, 0.717) is 11.6 Å². The highest BCUT2D eigenvalue weighted by Crippen LogP contribution is 2.21. The van der Waals surface area contributed by atoms with Gasteiger partial charge in [-0.15, -0.1) is 22.7 Å². The van der Waals surface area contributed by atoms with Crippen LogP contribution < -0.4 is 16.9 Å². The van der Waals surface area contributed by atoms with Gasteiger partial charge in [-0.25, -0.2) is 25.4 Å². The van der Waals surface area contributed by atoms with Crippen molar-refractivity contribution in [3.63, 3.8) is 0 Å². The third-order valence-electron chi connectivity index (χ3n) is 3.20. The number of aryl methyl sites for hydroxylation is 2. The van der Waals surface area contributed by atoms with E-state index >= 15 is 0 Å². The molecule has 140 valence electrons. The van der Waals surface area contributed by atoms with Gasteiger partial charge in [-0.3, -0.25) is 4.79 Å². The van der Waals surface area contributed by atoms with Crippen LogP contribution in [0.25, 0.3) is 0 Å². The average Bonchev–Trinajstić information content (AvgIpc) is 3.18. The summed E-state index contributed by atoms with van der Waals surface area (Å²) in [5, 5.41) is 6.00. The minimum Gasteiger partial charge on any atom is -0.358 e. The number of carbonyl (C=O) groups is 3. The van der Waals surface area contributed by atoms with E-state index < -0.39 is 12.2 Å². The van der Waals surface area contributed by atoms with E-state index in [2.05, 4.69) is 15.0 Å². The number of anilines is 1. The van der Waals surface area contributed by atoms with Gasteiger partial charge in [0.1, 0.15) is 0 Å². The molecular weight excluding hydrogens is 378 g/mol. The lowest BCUT2D eigenvalue weighted by Gasteiger charge is -2.13. The smallest absolute Gasteiger partial charge is 0.358 e. The van der Waals surface area contributed by atoms with Crippen LogP contribution in [-0.2, 0) is 28.8 Å². The molecule has 0 aromatic carbocycles. The largest absolute Gasteiger partial charge is 0.433 e. The second-order valence-electron chi connectivity index (χ2n) is 5.32. The zero-order valence-corrected chi connectivity index (χ0v) is 15.7. The van der Waals surface area contributed by atoms with Crippen LogP contribution in [0, 0.1) is 0 Å². The van der Waals surface area contributed by atoms with Crippen molar-refractivity contribution in [2.45, 2.75) is 26.2 Å². The number of hydrogen-bond donors (Lipinski definition) is 3.